The highest BCUT2D eigenvalue weighted by Crippen LogP contribution is 2.14. The van der Waals surface area contributed by atoms with Crippen molar-refractivity contribution < 1.29 is 38.1 Å². The maximum absolute atomic E-state index is 13.0. The smallest absolute Gasteiger partial charge is 0.336 e. The van der Waals surface area contributed by atoms with E-state index in [2.05, 4.69) is 39.1 Å². The summed E-state index contributed by atoms with van der Waals surface area (Å²) < 4.78 is 22.8. The quantitative estimate of drug-likeness (QED) is 0.0653. The van der Waals surface area contributed by atoms with E-state index in [0.29, 0.717) is 24.0 Å². The summed E-state index contributed by atoms with van der Waals surface area (Å²) in [5.74, 6) is -0.201. The average Bonchev–Trinajstić information content (AvgIpc) is 3.02. The lowest BCUT2D eigenvalue weighted by molar-refractivity contribution is -0.145. The molecule has 0 spiro atoms. The zero-order valence-corrected chi connectivity index (χ0v) is 29.3. The van der Waals surface area contributed by atoms with Crippen LogP contribution < -0.4 is 17.1 Å². The van der Waals surface area contributed by atoms with Gasteiger partial charge in [0, 0.05) is 23.0 Å². The monoisotopic (exact) mass is 709 g/mol. The Bertz CT molecular complexity index is 1220. The molecule has 0 aliphatic heterocycles. The Kier molecular flexibility index (Phi) is 22.0. The van der Waals surface area contributed by atoms with Crippen LogP contribution in [-0.2, 0) is 57.8 Å². The van der Waals surface area contributed by atoms with Crippen LogP contribution >= 0.6 is 37.0 Å². The van der Waals surface area contributed by atoms with Crippen LogP contribution in [0.5, 0.6) is 0 Å². The van der Waals surface area contributed by atoms with Crippen molar-refractivity contribution >= 4 is 60.9 Å². The largest absolute Gasteiger partial charge is 0.465 e. The van der Waals surface area contributed by atoms with E-state index in [0.717, 1.165) is 39.4 Å². The van der Waals surface area contributed by atoms with Crippen LogP contribution in [0.1, 0.15) is 65.2 Å². The summed E-state index contributed by atoms with van der Waals surface area (Å²) in [5.41, 5.74) is -2.92. The summed E-state index contributed by atoms with van der Waals surface area (Å²) in [5, 5.41) is 0. The second-order valence-corrected chi connectivity index (χ2v) is 12.2. The highest BCUT2D eigenvalue weighted by atomic mass is 32.2. The summed E-state index contributed by atoms with van der Waals surface area (Å²) in [6, 6.07) is 0. The fourth-order valence-electron chi connectivity index (χ4n) is 4.00. The lowest BCUT2D eigenvalue weighted by Gasteiger charge is -2.14. The second kappa shape index (κ2) is 24.5. The van der Waals surface area contributed by atoms with Gasteiger partial charge in [-0.05, 0) is 12.3 Å². The molecule has 1 unspecified atom stereocenters. The molecule has 0 saturated carbocycles. The number of thioether (sulfide) groups is 1. The van der Waals surface area contributed by atoms with Crippen molar-refractivity contribution in [1.82, 2.24) is 13.7 Å². The average molecular weight is 710 g/mol. The zero-order valence-electron chi connectivity index (χ0n) is 26.6. The molecular weight excluding hydrogens is 663 g/mol. The van der Waals surface area contributed by atoms with Gasteiger partial charge in [-0.2, -0.15) is 37.0 Å². The maximum atomic E-state index is 13.0. The van der Waals surface area contributed by atoms with E-state index in [1.165, 1.54) is 11.8 Å². The Hall–Kier alpha value is -2.66. The maximum Gasteiger partial charge on any atom is 0.336 e. The molecular formula is C29H47N3O11S3. The summed E-state index contributed by atoms with van der Waals surface area (Å²) >= 11 is 9.29. The SMILES string of the molecule is CCCCC(CC)COC(=O)CCSCCC(=O)OCCn1c(=O)n(CCOC(=O)CCS)c(=O)n(CCOC(=O)CCS)c1=O. The molecule has 14 nitrogen and oxygen atoms in total. The van der Waals surface area contributed by atoms with Crippen molar-refractivity contribution in [2.75, 3.05) is 49.4 Å². The summed E-state index contributed by atoms with van der Waals surface area (Å²) in [6.45, 7) is 2.67. The minimum absolute atomic E-state index is 0.0361. The third kappa shape index (κ3) is 16.3. The molecule has 1 aromatic heterocycles. The number of nitrogens with zero attached hydrogens (tertiary/aromatic N) is 3. The van der Waals surface area contributed by atoms with E-state index in [-0.39, 0.29) is 82.6 Å². The van der Waals surface area contributed by atoms with Crippen LogP contribution in [0.4, 0.5) is 0 Å². The van der Waals surface area contributed by atoms with Crippen LogP contribution in [0.15, 0.2) is 14.4 Å². The predicted molar refractivity (Wildman–Crippen MR) is 180 cm³/mol. The van der Waals surface area contributed by atoms with Gasteiger partial charge in [-0.15, -0.1) is 0 Å². The summed E-state index contributed by atoms with van der Waals surface area (Å²) in [7, 11) is 0. The number of carbonyl (C=O) groups is 4. The molecule has 0 fully saturated rings. The number of hydrogen-bond acceptors (Lipinski definition) is 14. The van der Waals surface area contributed by atoms with E-state index < -0.39 is 35.0 Å². The molecule has 1 rings (SSSR count). The number of esters is 4. The van der Waals surface area contributed by atoms with Crippen molar-refractivity contribution in [3.05, 3.63) is 31.5 Å². The van der Waals surface area contributed by atoms with Gasteiger partial charge in [0.15, 0.2) is 0 Å². The van der Waals surface area contributed by atoms with Crippen molar-refractivity contribution in [1.29, 1.82) is 0 Å². The van der Waals surface area contributed by atoms with E-state index in [4.69, 9.17) is 18.9 Å². The Morgan fingerprint density at radius 2 is 1.04 bits per heavy atom. The fraction of sp³-hybridized carbons (Fsp3) is 0.759. The molecule has 1 aromatic rings. The highest BCUT2D eigenvalue weighted by Gasteiger charge is 2.17. The molecule has 0 amide bonds. The third-order valence-corrected chi connectivity index (χ3v) is 8.11. The van der Waals surface area contributed by atoms with E-state index in [1.54, 1.807) is 0 Å². The second-order valence-electron chi connectivity index (χ2n) is 10.1. The predicted octanol–water partition coefficient (Wildman–Crippen LogP) is 1.71. The van der Waals surface area contributed by atoms with E-state index in [9.17, 15) is 33.6 Å². The Morgan fingerprint density at radius 1 is 0.652 bits per heavy atom. The van der Waals surface area contributed by atoms with Gasteiger partial charge in [0.25, 0.3) is 0 Å². The third-order valence-electron chi connectivity index (χ3n) is 6.68. The number of carbonyl (C=O) groups excluding carboxylic acids is 4. The number of hydrogen-bond donors (Lipinski definition) is 2. The van der Waals surface area contributed by atoms with Crippen LogP contribution in [-0.4, -0.2) is 87.0 Å². The van der Waals surface area contributed by atoms with E-state index >= 15 is 0 Å². The molecule has 0 bridgehead atoms. The van der Waals surface area contributed by atoms with Crippen molar-refractivity contribution in [2.45, 2.75) is 84.8 Å². The number of thiol groups is 2. The van der Waals surface area contributed by atoms with Crippen LogP contribution in [0.2, 0.25) is 0 Å². The van der Waals surface area contributed by atoms with Crippen LogP contribution in [0.25, 0.3) is 0 Å². The van der Waals surface area contributed by atoms with Gasteiger partial charge in [0.1, 0.15) is 19.8 Å². The molecule has 46 heavy (non-hydrogen) atoms. The first-order chi connectivity index (χ1) is 22.1. The molecule has 17 heteroatoms. The lowest BCUT2D eigenvalue weighted by atomic mass is 10.0. The first-order valence-electron chi connectivity index (χ1n) is 15.5. The number of aromatic nitrogens is 3. The molecule has 0 N–H and O–H groups in total. The molecule has 262 valence electrons. The first-order valence-corrected chi connectivity index (χ1v) is 17.9. The number of unbranched alkanes of at least 4 members (excludes halogenated alkanes) is 1. The zero-order chi connectivity index (χ0) is 34.3. The molecule has 1 heterocycles. The summed E-state index contributed by atoms with van der Waals surface area (Å²) in [4.78, 5) is 86.6. The first kappa shape index (κ1) is 41.4. The summed E-state index contributed by atoms with van der Waals surface area (Å²) in [6.07, 6.45) is 4.55. The van der Waals surface area contributed by atoms with Gasteiger partial charge in [-0.3, -0.25) is 19.2 Å². The van der Waals surface area contributed by atoms with E-state index in [1.807, 2.05) is 0 Å². The van der Waals surface area contributed by atoms with Crippen molar-refractivity contribution in [3.8, 4) is 0 Å². The van der Waals surface area contributed by atoms with Crippen molar-refractivity contribution in [3.63, 3.8) is 0 Å². The molecule has 0 radical (unpaired) electrons. The Balaban J connectivity index is 2.70. The van der Waals surface area contributed by atoms with Gasteiger partial charge in [-0.25, -0.2) is 28.1 Å². The standard InChI is InChI=1S/C29H47N3O11S3/c1-3-5-6-22(4-2)21-43-26(36)10-20-46-19-9-25(35)42-16-13-32-28(38)30(11-14-40-23(33)7-17-44)27(37)31(29(32)39)12-15-41-24(34)8-18-45/h22,44-45H,3-21H2,1-2H3. The van der Waals surface area contributed by atoms with Crippen LogP contribution in [0.3, 0.4) is 0 Å². The minimum Gasteiger partial charge on any atom is -0.465 e. The minimum atomic E-state index is -0.974. The van der Waals surface area contributed by atoms with Gasteiger partial charge < -0.3 is 18.9 Å². The number of rotatable bonds is 25. The molecule has 1 atom stereocenters. The fourth-order valence-corrected chi connectivity index (χ4v) is 5.19. The molecule has 0 aliphatic rings. The van der Waals surface area contributed by atoms with Gasteiger partial charge in [0.05, 0.1) is 51.9 Å². The van der Waals surface area contributed by atoms with Gasteiger partial charge >= 0.3 is 40.9 Å². The molecule has 0 aromatic carbocycles. The Morgan fingerprint density at radius 3 is 1.41 bits per heavy atom. The number of ether oxygens (including phenoxy) is 4. The lowest BCUT2D eigenvalue weighted by Crippen LogP contribution is -2.55. The normalized spacial score (nSPS) is 11.6. The highest BCUT2D eigenvalue weighted by molar-refractivity contribution is 7.99. The molecule has 0 saturated heterocycles. The van der Waals surface area contributed by atoms with Gasteiger partial charge in [-0.1, -0.05) is 33.1 Å². The molecule has 0 aliphatic carbocycles. The topological polar surface area (TPSA) is 171 Å². The van der Waals surface area contributed by atoms with Crippen molar-refractivity contribution in [2.24, 2.45) is 5.92 Å². The Labute approximate surface area is 283 Å². The van der Waals surface area contributed by atoms with Gasteiger partial charge in [0.2, 0.25) is 0 Å². The van der Waals surface area contributed by atoms with Crippen LogP contribution in [0, 0.1) is 5.92 Å².